The molecule has 3 unspecified atom stereocenters. The third kappa shape index (κ3) is 2.61. The highest BCUT2D eigenvalue weighted by atomic mass is 16.5. The molecule has 3 atom stereocenters. The number of carbonyl (C=O) groups is 1. The maximum Gasteiger partial charge on any atom is 0.274 e. The second-order valence-electron chi connectivity index (χ2n) is 6.18. The molecular formula is C18H19N3O2. The van der Waals surface area contributed by atoms with Gasteiger partial charge in [0, 0.05) is 37.2 Å². The molecule has 1 aromatic heterocycles. The van der Waals surface area contributed by atoms with Crippen LogP contribution in [0.25, 0.3) is 0 Å². The summed E-state index contributed by atoms with van der Waals surface area (Å²) >= 11 is 0. The molecule has 23 heavy (non-hydrogen) atoms. The maximum absolute atomic E-state index is 12.9. The monoisotopic (exact) mass is 309 g/mol. The van der Waals surface area contributed by atoms with Crippen molar-refractivity contribution < 1.29 is 9.53 Å². The normalized spacial score (nSPS) is 26.8. The smallest absolute Gasteiger partial charge is 0.274 e. The number of ether oxygens (including phenoxy) is 1. The molecular weight excluding hydrogens is 290 g/mol. The van der Waals surface area contributed by atoms with E-state index in [0.29, 0.717) is 30.7 Å². The van der Waals surface area contributed by atoms with Crippen molar-refractivity contribution in [2.45, 2.75) is 18.4 Å². The lowest BCUT2D eigenvalue weighted by atomic mass is 9.84. The number of aromatic nitrogens is 2. The molecule has 2 saturated heterocycles. The third-order valence-corrected chi connectivity index (χ3v) is 4.95. The Balaban J connectivity index is 1.64. The molecule has 1 aromatic carbocycles. The quantitative estimate of drug-likeness (QED) is 0.853. The van der Waals surface area contributed by atoms with E-state index < -0.39 is 0 Å². The number of fused-ring (bicyclic) bond motifs is 1. The molecule has 0 bridgehead atoms. The van der Waals surface area contributed by atoms with Gasteiger partial charge in [-0.25, -0.2) is 0 Å². The molecule has 2 fully saturated rings. The number of hydrogen-bond acceptors (Lipinski definition) is 4. The number of likely N-dealkylation sites (tertiary alicyclic amines) is 1. The Morgan fingerprint density at radius 1 is 1.17 bits per heavy atom. The molecule has 0 radical (unpaired) electrons. The van der Waals surface area contributed by atoms with Crippen molar-refractivity contribution in [1.82, 2.24) is 15.1 Å². The van der Waals surface area contributed by atoms with Crippen molar-refractivity contribution in [2.75, 3.05) is 19.8 Å². The average molecular weight is 309 g/mol. The minimum Gasteiger partial charge on any atom is -0.381 e. The summed E-state index contributed by atoms with van der Waals surface area (Å²) in [5.74, 6) is 0.655. The van der Waals surface area contributed by atoms with Gasteiger partial charge >= 0.3 is 0 Å². The van der Waals surface area contributed by atoms with Gasteiger partial charge in [0.05, 0.1) is 6.61 Å². The summed E-state index contributed by atoms with van der Waals surface area (Å²) in [4.78, 5) is 14.8. The van der Waals surface area contributed by atoms with E-state index in [-0.39, 0.29) is 11.9 Å². The molecule has 0 spiro atoms. The molecule has 3 heterocycles. The number of rotatable bonds is 2. The van der Waals surface area contributed by atoms with Gasteiger partial charge in [0.1, 0.15) is 0 Å². The number of carbonyl (C=O) groups excluding carboxylic acids is 1. The molecule has 5 heteroatoms. The Hall–Kier alpha value is -2.27. The van der Waals surface area contributed by atoms with Gasteiger partial charge in [0.2, 0.25) is 0 Å². The molecule has 118 valence electrons. The molecule has 0 saturated carbocycles. The van der Waals surface area contributed by atoms with Crippen LogP contribution in [0.5, 0.6) is 0 Å². The van der Waals surface area contributed by atoms with E-state index in [1.165, 1.54) is 5.56 Å². The van der Waals surface area contributed by atoms with E-state index in [9.17, 15) is 4.79 Å². The topological polar surface area (TPSA) is 55.3 Å². The Morgan fingerprint density at radius 2 is 2.04 bits per heavy atom. The van der Waals surface area contributed by atoms with Crippen molar-refractivity contribution in [3.05, 3.63) is 59.9 Å². The first-order valence-corrected chi connectivity index (χ1v) is 8.06. The summed E-state index contributed by atoms with van der Waals surface area (Å²) in [7, 11) is 0. The van der Waals surface area contributed by atoms with Gasteiger partial charge in [0.15, 0.2) is 5.69 Å². The summed E-state index contributed by atoms with van der Waals surface area (Å²) in [6.45, 7) is 2.15. The van der Waals surface area contributed by atoms with Gasteiger partial charge in [-0.2, -0.15) is 5.10 Å². The number of amides is 1. The largest absolute Gasteiger partial charge is 0.381 e. The Bertz CT molecular complexity index is 677. The van der Waals surface area contributed by atoms with E-state index in [4.69, 9.17) is 4.74 Å². The van der Waals surface area contributed by atoms with Crippen LogP contribution in [0.2, 0.25) is 0 Å². The molecule has 0 N–H and O–H groups in total. The second-order valence-corrected chi connectivity index (χ2v) is 6.18. The molecule has 4 rings (SSSR count). The van der Waals surface area contributed by atoms with E-state index in [2.05, 4.69) is 34.5 Å². The summed E-state index contributed by atoms with van der Waals surface area (Å²) in [5, 5.41) is 7.82. The highest BCUT2D eigenvalue weighted by Gasteiger charge is 2.46. The first kappa shape index (κ1) is 14.3. The molecule has 1 amide bonds. The fourth-order valence-corrected chi connectivity index (χ4v) is 3.85. The second kappa shape index (κ2) is 6.08. The standard InChI is InChI=1S/C18H19N3O2/c22-18(16-7-4-9-19-20-16)21-11-14(13-5-2-1-3-6-13)15-12-23-10-8-17(15)21/h1-7,9,14-15,17H,8,10-12H2. The Kier molecular flexibility index (Phi) is 3.79. The number of nitrogens with zero attached hydrogens (tertiary/aromatic N) is 3. The minimum atomic E-state index is -0.0200. The van der Waals surface area contributed by atoms with Crippen molar-refractivity contribution in [3.8, 4) is 0 Å². The van der Waals surface area contributed by atoms with Gasteiger partial charge < -0.3 is 9.64 Å². The van der Waals surface area contributed by atoms with Crippen LogP contribution in [0.3, 0.4) is 0 Å². The fraction of sp³-hybridized carbons (Fsp3) is 0.389. The minimum absolute atomic E-state index is 0.0200. The lowest BCUT2D eigenvalue weighted by Gasteiger charge is -2.32. The zero-order chi connectivity index (χ0) is 15.6. The van der Waals surface area contributed by atoms with Gasteiger partial charge in [-0.15, -0.1) is 5.10 Å². The van der Waals surface area contributed by atoms with Crippen molar-refractivity contribution in [3.63, 3.8) is 0 Å². The van der Waals surface area contributed by atoms with Crippen LogP contribution in [-0.2, 0) is 4.74 Å². The summed E-state index contributed by atoms with van der Waals surface area (Å²) < 4.78 is 5.70. The van der Waals surface area contributed by atoms with Crippen LogP contribution in [0, 0.1) is 5.92 Å². The van der Waals surface area contributed by atoms with E-state index >= 15 is 0 Å². The molecule has 2 aliphatic rings. The highest BCUT2D eigenvalue weighted by molar-refractivity contribution is 5.92. The van der Waals surface area contributed by atoms with Crippen molar-refractivity contribution >= 4 is 5.91 Å². The molecule has 0 aliphatic carbocycles. The molecule has 2 aliphatic heterocycles. The number of hydrogen-bond donors (Lipinski definition) is 0. The van der Waals surface area contributed by atoms with Gasteiger partial charge in [0.25, 0.3) is 5.91 Å². The van der Waals surface area contributed by atoms with Crippen LogP contribution in [0.15, 0.2) is 48.7 Å². The van der Waals surface area contributed by atoms with Crippen molar-refractivity contribution in [2.24, 2.45) is 5.92 Å². The van der Waals surface area contributed by atoms with E-state index in [1.54, 1.807) is 18.3 Å². The van der Waals surface area contributed by atoms with Crippen LogP contribution < -0.4 is 0 Å². The average Bonchev–Trinajstić information content (AvgIpc) is 3.02. The maximum atomic E-state index is 12.9. The first-order valence-electron chi connectivity index (χ1n) is 8.06. The zero-order valence-electron chi connectivity index (χ0n) is 12.8. The lowest BCUT2D eigenvalue weighted by molar-refractivity contribution is 0.0186. The molecule has 2 aromatic rings. The number of benzene rings is 1. The summed E-state index contributed by atoms with van der Waals surface area (Å²) in [5.41, 5.74) is 1.70. The van der Waals surface area contributed by atoms with Gasteiger partial charge in [-0.3, -0.25) is 4.79 Å². The third-order valence-electron chi connectivity index (χ3n) is 4.95. The predicted molar refractivity (Wildman–Crippen MR) is 85.0 cm³/mol. The van der Waals surface area contributed by atoms with Crippen molar-refractivity contribution in [1.29, 1.82) is 0 Å². The van der Waals surface area contributed by atoms with Gasteiger partial charge in [-0.05, 0) is 24.1 Å². The summed E-state index contributed by atoms with van der Waals surface area (Å²) in [6, 6.07) is 14.1. The Morgan fingerprint density at radius 3 is 2.83 bits per heavy atom. The summed E-state index contributed by atoms with van der Waals surface area (Å²) in [6.07, 6.45) is 2.48. The lowest BCUT2D eigenvalue weighted by Crippen LogP contribution is -2.42. The molecule has 5 nitrogen and oxygen atoms in total. The van der Waals surface area contributed by atoms with E-state index in [0.717, 1.165) is 13.0 Å². The predicted octanol–water partition coefficient (Wildman–Crippen LogP) is 2.12. The van der Waals surface area contributed by atoms with Crippen LogP contribution in [0.1, 0.15) is 28.4 Å². The zero-order valence-corrected chi connectivity index (χ0v) is 12.8. The highest BCUT2D eigenvalue weighted by Crippen LogP contribution is 2.41. The van der Waals surface area contributed by atoms with Crippen LogP contribution >= 0.6 is 0 Å². The Labute approximate surface area is 135 Å². The van der Waals surface area contributed by atoms with E-state index in [1.807, 2.05) is 11.0 Å². The first-order chi connectivity index (χ1) is 11.3. The van der Waals surface area contributed by atoms with Crippen LogP contribution in [-0.4, -0.2) is 46.8 Å². The van der Waals surface area contributed by atoms with Crippen LogP contribution in [0.4, 0.5) is 0 Å². The SMILES string of the molecule is O=C(c1cccnn1)N1CC(c2ccccc2)C2COCCC21. The van der Waals surface area contributed by atoms with Gasteiger partial charge in [-0.1, -0.05) is 30.3 Å². The fourth-order valence-electron chi connectivity index (χ4n) is 3.85.